The molecule has 0 aromatic carbocycles. The van der Waals surface area contributed by atoms with Crippen molar-refractivity contribution in [3.8, 4) is 0 Å². The summed E-state index contributed by atoms with van der Waals surface area (Å²) in [4.78, 5) is 0. The molecule has 0 N–H and O–H groups in total. The molecule has 0 aliphatic heterocycles. The van der Waals surface area contributed by atoms with Crippen molar-refractivity contribution < 1.29 is 4.21 Å². The van der Waals surface area contributed by atoms with Gasteiger partial charge >= 0.3 is 0 Å². The van der Waals surface area contributed by atoms with E-state index >= 15 is 0 Å². The van der Waals surface area contributed by atoms with Gasteiger partial charge in [0, 0.05) is 21.2 Å². The van der Waals surface area contributed by atoms with Gasteiger partial charge in [0.1, 0.15) is 0 Å². The topological polar surface area (TPSA) is 29.4 Å². The molecule has 0 bridgehead atoms. The fourth-order valence-electron chi connectivity index (χ4n) is 0.832. The van der Waals surface area contributed by atoms with E-state index in [1.54, 1.807) is 0 Å². The molecular formula is C8H19NOS. The Bertz CT molecular complexity index is 209. The van der Waals surface area contributed by atoms with Gasteiger partial charge in [0.25, 0.3) is 0 Å². The summed E-state index contributed by atoms with van der Waals surface area (Å²) in [5, 5.41) is 0. The highest BCUT2D eigenvalue weighted by Crippen LogP contribution is 2.11. The second-order valence-electron chi connectivity index (χ2n) is 3.61. The van der Waals surface area contributed by atoms with Gasteiger partial charge in [0.05, 0.1) is 5.54 Å². The van der Waals surface area contributed by atoms with Gasteiger partial charge in [0.2, 0.25) is 0 Å². The summed E-state index contributed by atoms with van der Waals surface area (Å²) in [6.45, 7) is 9.82. The molecule has 2 nitrogen and oxygen atoms in total. The van der Waals surface area contributed by atoms with Crippen LogP contribution in [-0.4, -0.2) is 21.3 Å². The van der Waals surface area contributed by atoms with Crippen LogP contribution < -0.4 is 0 Å². The van der Waals surface area contributed by atoms with E-state index in [1.165, 1.54) is 0 Å². The van der Waals surface area contributed by atoms with Crippen molar-refractivity contribution >= 4 is 9.73 Å². The molecule has 0 amide bonds. The van der Waals surface area contributed by atoms with E-state index in [0.29, 0.717) is 11.5 Å². The Balaban J connectivity index is 4.78. The second-order valence-corrected chi connectivity index (χ2v) is 6.49. The van der Waals surface area contributed by atoms with E-state index in [1.807, 2.05) is 34.6 Å². The van der Waals surface area contributed by atoms with Crippen molar-refractivity contribution in [1.82, 2.24) is 0 Å². The molecule has 68 valence electrons. The maximum Gasteiger partial charge on any atom is 0.0618 e. The lowest BCUT2D eigenvalue weighted by atomic mass is 10.1. The third-order valence-electron chi connectivity index (χ3n) is 1.34. The van der Waals surface area contributed by atoms with Crippen molar-refractivity contribution in [2.24, 2.45) is 4.36 Å². The van der Waals surface area contributed by atoms with Crippen LogP contribution in [0.5, 0.6) is 0 Å². The quantitative estimate of drug-likeness (QED) is 0.636. The number of hydrogen-bond donors (Lipinski definition) is 0. The van der Waals surface area contributed by atoms with Gasteiger partial charge in [-0.25, -0.2) is 8.57 Å². The molecule has 0 unspecified atom stereocenters. The first-order chi connectivity index (χ1) is 4.83. The Morgan fingerprint density at radius 1 is 1.18 bits per heavy atom. The van der Waals surface area contributed by atoms with Crippen LogP contribution in [0.1, 0.15) is 34.6 Å². The third-order valence-corrected chi connectivity index (χ3v) is 4.03. The first-order valence-electron chi connectivity index (χ1n) is 4.06. The molecular weight excluding hydrogens is 158 g/mol. The zero-order valence-electron chi connectivity index (χ0n) is 8.18. The van der Waals surface area contributed by atoms with Gasteiger partial charge in [-0.15, -0.1) is 0 Å². The van der Waals surface area contributed by atoms with Crippen LogP contribution in [0.2, 0.25) is 0 Å². The Morgan fingerprint density at radius 2 is 1.55 bits per heavy atom. The predicted octanol–water partition coefficient (Wildman–Crippen LogP) is 2.29. The monoisotopic (exact) mass is 177 g/mol. The summed E-state index contributed by atoms with van der Waals surface area (Å²) in [7, 11) is -1.90. The summed E-state index contributed by atoms with van der Waals surface area (Å²) < 4.78 is 16.1. The van der Waals surface area contributed by atoms with E-state index in [0.717, 1.165) is 0 Å². The molecule has 0 spiro atoms. The summed E-state index contributed by atoms with van der Waals surface area (Å²) in [6.07, 6.45) is 0. The maximum absolute atomic E-state index is 11.8. The molecule has 0 aromatic rings. The van der Waals surface area contributed by atoms with Gasteiger partial charge in [0.15, 0.2) is 0 Å². The minimum absolute atomic E-state index is 0.164. The highest BCUT2D eigenvalue weighted by Gasteiger charge is 2.12. The van der Waals surface area contributed by atoms with E-state index in [2.05, 4.69) is 4.36 Å². The zero-order valence-corrected chi connectivity index (χ0v) is 8.99. The Morgan fingerprint density at radius 3 is 1.64 bits per heavy atom. The van der Waals surface area contributed by atoms with E-state index in [9.17, 15) is 4.21 Å². The fraction of sp³-hybridized carbons (Fsp3) is 1.00. The summed E-state index contributed by atoms with van der Waals surface area (Å²) in [5.74, 6) is 1.33. The molecule has 0 saturated heterocycles. The number of hydrogen-bond acceptors (Lipinski definition) is 2. The Kier molecular flexibility index (Phi) is 3.55. The van der Waals surface area contributed by atoms with E-state index in [-0.39, 0.29) is 5.54 Å². The second kappa shape index (κ2) is 3.57. The number of rotatable bonds is 2. The molecule has 3 heteroatoms. The van der Waals surface area contributed by atoms with Crippen LogP contribution in [0.4, 0.5) is 0 Å². The molecule has 0 rings (SSSR count). The van der Waals surface area contributed by atoms with E-state index < -0.39 is 9.73 Å². The van der Waals surface area contributed by atoms with Gasteiger partial charge in [-0.2, -0.15) is 0 Å². The largest absolute Gasteiger partial charge is 0.250 e. The third kappa shape index (κ3) is 4.40. The normalized spacial score (nSPS) is 13.2. The fourth-order valence-corrected chi connectivity index (χ4v) is 2.50. The smallest absolute Gasteiger partial charge is 0.0618 e. The van der Waals surface area contributed by atoms with Crippen LogP contribution in [0.25, 0.3) is 0 Å². The lowest BCUT2D eigenvalue weighted by Crippen LogP contribution is -2.17. The molecule has 0 radical (unpaired) electrons. The average Bonchev–Trinajstić information content (AvgIpc) is 1.84. The van der Waals surface area contributed by atoms with Gasteiger partial charge in [-0.05, 0) is 20.8 Å². The van der Waals surface area contributed by atoms with Crippen LogP contribution >= 0.6 is 0 Å². The molecule has 0 saturated carbocycles. The minimum Gasteiger partial charge on any atom is -0.250 e. The average molecular weight is 177 g/mol. The van der Waals surface area contributed by atoms with Crippen molar-refractivity contribution in [2.75, 3.05) is 11.5 Å². The zero-order chi connectivity index (χ0) is 9.12. The summed E-state index contributed by atoms with van der Waals surface area (Å²) in [5.41, 5.74) is -0.164. The lowest BCUT2D eigenvalue weighted by Gasteiger charge is -2.15. The van der Waals surface area contributed by atoms with Crippen LogP contribution in [0.3, 0.4) is 0 Å². The Hall–Kier alpha value is -0.0500. The SMILES string of the molecule is CCS(=O)(CC)=NC(C)(C)C. The highest BCUT2D eigenvalue weighted by molar-refractivity contribution is 7.93. The maximum atomic E-state index is 11.8. The minimum atomic E-state index is -1.90. The van der Waals surface area contributed by atoms with E-state index in [4.69, 9.17) is 0 Å². The van der Waals surface area contributed by atoms with Gasteiger partial charge < -0.3 is 0 Å². The van der Waals surface area contributed by atoms with Crippen molar-refractivity contribution in [3.05, 3.63) is 0 Å². The predicted molar refractivity (Wildman–Crippen MR) is 51.4 cm³/mol. The molecule has 0 aliphatic carbocycles. The first kappa shape index (κ1) is 11.0. The lowest BCUT2D eigenvalue weighted by molar-refractivity contribution is 0.581. The van der Waals surface area contributed by atoms with Crippen molar-refractivity contribution in [3.63, 3.8) is 0 Å². The van der Waals surface area contributed by atoms with Gasteiger partial charge in [-0.3, -0.25) is 0 Å². The standard InChI is InChI=1S/C8H19NOS/c1-6-11(10,7-2)9-8(3,4)5/h6-7H2,1-5H3. The molecule has 11 heavy (non-hydrogen) atoms. The molecule has 0 aliphatic rings. The molecule has 0 aromatic heterocycles. The van der Waals surface area contributed by atoms with Crippen LogP contribution in [-0.2, 0) is 9.73 Å². The van der Waals surface area contributed by atoms with Crippen molar-refractivity contribution in [2.45, 2.75) is 40.2 Å². The molecule has 0 atom stereocenters. The van der Waals surface area contributed by atoms with Crippen molar-refractivity contribution in [1.29, 1.82) is 0 Å². The summed E-state index contributed by atoms with van der Waals surface area (Å²) in [6, 6.07) is 0. The summed E-state index contributed by atoms with van der Waals surface area (Å²) >= 11 is 0. The Labute approximate surface area is 70.6 Å². The highest BCUT2D eigenvalue weighted by atomic mass is 32.2. The first-order valence-corrected chi connectivity index (χ1v) is 5.92. The molecule has 0 fully saturated rings. The van der Waals surface area contributed by atoms with Crippen LogP contribution in [0.15, 0.2) is 4.36 Å². The number of nitrogens with zero attached hydrogens (tertiary/aromatic N) is 1. The molecule has 0 heterocycles. The van der Waals surface area contributed by atoms with Gasteiger partial charge in [-0.1, -0.05) is 13.8 Å². The van der Waals surface area contributed by atoms with Crippen LogP contribution in [0, 0.1) is 0 Å².